The molecule has 1 aliphatic carbocycles. The van der Waals surface area contributed by atoms with Crippen molar-refractivity contribution < 1.29 is 0 Å². The first-order valence-electron chi connectivity index (χ1n) is 5.47. The van der Waals surface area contributed by atoms with Crippen molar-refractivity contribution in [1.29, 1.82) is 0 Å². The fourth-order valence-corrected chi connectivity index (χ4v) is 3.80. The second-order valence-corrected chi connectivity index (χ2v) is 6.91. The Kier molecular flexibility index (Phi) is 2.90. The van der Waals surface area contributed by atoms with Crippen LogP contribution in [0.2, 0.25) is 0 Å². The van der Waals surface area contributed by atoms with Gasteiger partial charge in [0.05, 0.1) is 4.05 Å². The van der Waals surface area contributed by atoms with Crippen LogP contribution in [0.4, 0.5) is 0 Å². The molecule has 0 amide bonds. The Morgan fingerprint density at radius 2 is 1.69 bits per heavy atom. The predicted octanol–water partition coefficient (Wildman–Crippen LogP) is 2.99. The number of halogens is 1. The molecule has 2 aliphatic heterocycles. The molecule has 1 nitrogen and oxygen atoms in total. The van der Waals surface area contributed by atoms with E-state index < -0.39 is 0 Å². The summed E-state index contributed by atoms with van der Waals surface area (Å²) in [6.45, 7) is 9.84. The molecular formula is C11H20IN. The second-order valence-electron chi connectivity index (χ2n) is 5.11. The smallest absolute Gasteiger partial charge is 0.0590 e. The van der Waals surface area contributed by atoms with Crippen LogP contribution < -0.4 is 0 Å². The molecule has 0 spiro atoms. The molecular weight excluding hydrogens is 273 g/mol. The van der Waals surface area contributed by atoms with Gasteiger partial charge in [-0.2, -0.15) is 0 Å². The van der Waals surface area contributed by atoms with Gasteiger partial charge in [0, 0.05) is 13.1 Å². The molecule has 0 aromatic heterocycles. The molecule has 3 aliphatic rings. The summed E-state index contributed by atoms with van der Waals surface area (Å²) in [6, 6.07) is 0. The minimum absolute atomic E-state index is 0.732. The van der Waals surface area contributed by atoms with Crippen LogP contribution in [0.5, 0.6) is 0 Å². The van der Waals surface area contributed by atoms with Crippen LogP contribution in [-0.2, 0) is 0 Å². The van der Waals surface area contributed by atoms with E-state index in [4.69, 9.17) is 0 Å². The quantitative estimate of drug-likeness (QED) is 0.430. The zero-order valence-electron chi connectivity index (χ0n) is 8.83. The Hall–Kier alpha value is 0.690. The molecule has 2 saturated heterocycles. The number of rotatable bonds is 2. The largest absolute Gasteiger partial charge is 0.291 e. The summed E-state index contributed by atoms with van der Waals surface area (Å²) in [4.78, 5) is 2.65. The third-order valence-electron chi connectivity index (χ3n) is 3.91. The average Bonchev–Trinajstić information content (AvgIpc) is 2.03. The molecule has 0 aromatic rings. The molecule has 0 N–H and O–H groups in total. The first-order chi connectivity index (χ1) is 6.09. The lowest BCUT2D eigenvalue weighted by Gasteiger charge is -2.56. The summed E-state index contributed by atoms with van der Waals surface area (Å²) < 4.78 is 0.732. The first kappa shape index (κ1) is 10.2. The normalized spacial score (nSPS) is 41.8. The number of alkyl halides is 1. The summed E-state index contributed by atoms with van der Waals surface area (Å²) >= 11 is 2.54. The van der Waals surface area contributed by atoms with Crippen LogP contribution in [0.1, 0.15) is 27.2 Å². The average molecular weight is 293 g/mol. The minimum Gasteiger partial charge on any atom is -0.291 e. The van der Waals surface area contributed by atoms with E-state index >= 15 is 0 Å². The van der Waals surface area contributed by atoms with Gasteiger partial charge in [0.25, 0.3) is 0 Å². The van der Waals surface area contributed by atoms with Gasteiger partial charge < -0.3 is 0 Å². The molecule has 0 radical (unpaired) electrons. The van der Waals surface area contributed by atoms with Crippen molar-refractivity contribution in [2.75, 3.05) is 13.1 Å². The lowest BCUT2D eigenvalue weighted by Crippen LogP contribution is -2.57. The number of hydrogen-bond donors (Lipinski definition) is 0. The molecule has 2 heteroatoms. The Bertz CT molecular complexity index is 179. The highest BCUT2D eigenvalue weighted by Gasteiger charge is 2.47. The van der Waals surface area contributed by atoms with Gasteiger partial charge >= 0.3 is 0 Å². The summed E-state index contributed by atoms with van der Waals surface area (Å²) in [5, 5.41) is 0. The van der Waals surface area contributed by atoms with Crippen molar-refractivity contribution >= 4 is 22.6 Å². The molecule has 3 rings (SSSR count). The summed E-state index contributed by atoms with van der Waals surface area (Å²) in [6.07, 6.45) is 1.52. The van der Waals surface area contributed by atoms with Crippen LogP contribution in [0.15, 0.2) is 0 Å². The van der Waals surface area contributed by atoms with Crippen LogP contribution in [0.3, 0.4) is 0 Å². The van der Waals surface area contributed by atoms with Crippen LogP contribution in [0.25, 0.3) is 0 Å². The van der Waals surface area contributed by atoms with Gasteiger partial charge in [-0.3, -0.25) is 4.90 Å². The maximum absolute atomic E-state index is 2.65. The van der Waals surface area contributed by atoms with E-state index in [2.05, 4.69) is 48.3 Å². The van der Waals surface area contributed by atoms with E-state index in [1.807, 2.05) is 0 Å². The maximum atomic E-state index is 2.65. The molecule has 3 atom stereocenters. The highest BCUT2D eigenvalue weighted by molar-refractivity contribution is 14.1. The van der Waals surface area contributed by atoms with Crippen LogP contribution in [-0.4, -0.2) is 22.0 Å². The Morgan fingerprint density at radius 1 is 1.15 bits per heavy atom. The Balaban J connectivity index is 1.94. The van der Waals surface area contributed by atoms with Crippen LogP contribution in [0, 0.1) is 23.7 Å². The van der Waals surface area contributed by atoms with E-state index in [0.717, 1.165) is 27.7 Å². The van der Waals surface area contributed by atoms with Crippen molar-refractivity contribution in [3.8, 4) is 0 Å². The van der Waals surface area contributed by atoms with Gasteiger partial charge in [0.15, 0.2) is 0 Å². The zero-order valence-corrected chi connectivity index (χ0v) is 11.0. The maximum Gasteiger partial charge on any atom is 0.0590 e. The molecule has 2 heterocycles. The van der Waals surface area contributed by atoms with Crippen molar-refractivity contribution in [2.45, 2.75) is 31.2 Å². The Labute approximate surface area is 95.4 Å². The van der Waals surface area contributed by atoms with Crippen molar-refractivity contribution in [3.63, 3.8) is 0 Å². The fraction of sp³-hybridized carbons (Fsp3) is 1.00. The number of hydrogen-bond acceptors (Lipinski definition) is 1. The van der Waals surface area contributed by atoms with Gasteiger partial charge in [-0.1, -0.05) is 36.4 Å². The van der Waals surface area contributed by atoms with E-state index in [1.54, 1.807) is 0 Å². The van der Waals surface area contributed by atoms with Gasteiger partial charge in [0.2, 0.25) is 0 Å². The van der Waals surface area contributed by atoms with Crippen molar-refractivity contribution in [1.82, 2.24) is 4.90 Å². The SMILES string of the molecule is CC(C)C1C2CC1CN(C(C)I)C2. The summed E-state index contributed by atoms with van der Waals surface area (Å²) in [7, 11) is 0. The van der Waals surface area contributed by atoms with E-state index in [0.29, 0.717) is 0 Å². The van der Waals surface area contributed by atoms with Crippen molar-refractivity contribution in [2.24, 2.45) is 23.7 Å². The van der Waals surface area contributed by atoms with Gasteiger partial charge in [-0.25, -0.2) is 0 Å². The summed E-state index contributed by atoms with van der Waals surface area (Å²) in [5.41, 5.74) is 0. The van der Waals surface area contributed by atoms with Gasteiger partial charge in [-0.15, -0.1) is 0 Å². The van der Waals surface area contributed by atoms with Gasteiger partial charge in [-0.05, 0) is 37.0 Å². The fourth-order valence-electron chi connectivity index (χ4n) is 3.34. The third kappa shape index (κ3) is 1.76. The molecule has 3 fully saturated rings. The monoisotopic (exact) mass is 293 g/mol. The van der Waals surface area contributed by atoms with E-state index in [9.17, 15) is 0 Å². The molecule has 3 unspecified atom stereocenters. The highest BCUT2D eigenvalue weighted by atomic mass is 127. The predicted molar refractivity (Wildman–Crippen MR) is 65.0 cm³/mol. The molecule has 2 bridgehead atoms. The zero-order chi connectivity index (χ0) is 9.59. The molecule has 76 valence electrons. The standard InChI is InChI=1S/C11H20IN/c1-7(2)11-9-4-10(11)6-13(5-9)8(3)12/h7-11H,4-6H2,1-3H3. The van der Waals surface area contributed by atoms with E-state index in [1.165, 1.54) is 19.5 Å². The van der Waals surface area contributed by atoms with Gasteiger partial charge in [0.1, 0.15) is 0 Å². The highest BCUT2D eigenvalue weighted by Crippen LogP contribution is 2.49. The van der Waals surface area contributed by atoms with E-state index in [-0.39, 0.29) is 0 Å². The third-order valence-corrected chi connectivity index (χ3v) is 4.69. The minimum atomic E-state index is 0.732. The topological polar surface area (TPSA) is 3.24 Å². The lowest BCUT2D eigenvalue weighted by molar-refractivity contribution is -0.0661. The van der Waals surface area contributed by atoms with Crippen molar-refractivity contribution in [3.05, 3.63) is 0 Å². The first-order valence-corrected chi connectivity index (χ1v) is 6.72. The molecule has 1 saturated carbocycles. The number of nitrogens with zero attached hydrogens (tertiary/aromatic N) is 1. The second kappa shape index (κ2) is 3.69. The Morgan fingerprint density at radius 3 is 2.08 bits per heavy atom. The summed E-state index contributed by atoms with van der Waals surface area (Å²) in [5.74, 6) is 4.01. The number of fused-ring (bicyclic) bond motifs is 2. The molecule has 0 aromatic carbocycles. The molecule has 13 heavy (non-hydrogen) atoms. The number of piperidine rings is 2. The lowest BCUT2D eigenvalue weighted by atomic mass is 9.57. The van der Waals surface area contributed by atoms with Crippen LogP contribution >= 0.6 is 22.6 Å².